The predicted octanol–water partition coefficient (Wildman–Crippen LogP) is 3.98. The van der Waals surface area contributed by atoms with Crippen molar-refractivity contribution >= 4 is 0 Å². The Morgan fingerprint density at radius 2 is 1.90 bits per heavy atom. The number of hydrogen-bond acceptors (Lipinski definition) is 3. The van der Waals surface area contributed by atoms with Gasteiger partial charge in [0.05, 0.1) is 19.8 Å². The smallest absolute Gasteiger partial charge is 0.125 e. The van der Waals surface area contributed by atoms with Crippen LogP contribution in [0.3, 0.4) is 0 Å². The first kappa shape index (κ1) is 16.2. The van der Waals surface area contributed by atoms with Crippen LogP contribution in [-0.4, -0.2) is 19.3 Å². The van der Waals surface area contributed by atoms with E-state index in [9.17, 15) is 5.11 Å². The highest BCUT2D eigenvalue weighted by atomic mass is 16.5. The number of ether oxygens (including phenoxy) is 2. The topological polar surface area (TPSA) is 38.7 Å². The Kier molecular flexibility index (Phi) is 4.82. The van der Waals surface area contributed by atoms with Gasteiger partial charge in [-0.05, 0) is 48.8 Å². The van der Waals surface area contributed by atoms with Crippen LogP contribution in [0.5, 0.6) is 11.5 Å². The summed E-state index contributed by atoms with van der Waals surface area (Å²) in [6, 6.07) is 5.71. The molecule has 1 aliphatic carbocycles. The Morgan fingerprint density at radius 3 is 2.48 bits per heavy atom. The summed E-state index contributed by atoms with van der Waals surface area (Å²) < 4.78 is 10.9. The van der Waals surface area contributed by atoms with Crippen LogP contribution in [0.15, 0.2) is 18.2 Å². The number of hydrogen-bond donors (Lipinski definition) is 1. The summed E-state index contributed by atoms with van der Waals surface area (Å²) in [6.07, 6.45) is 3.01. The third-order valence-corrected chi connectivity index (χ3v) is 4.92. The van der Waals surface area contributed by atoms with Crippen LogP contribution in [0.4, 0.5) is 0 Å². The minimum absolute atomic E-state index is 0.245. The molecular formula is C18H28O3. The molecule has 0 spiro atoms. The SMILES string of the molecule is COc1ccc(OC)c(C2(O)CC(C)CCC2C(C)C)c1. The molecule has 0 aromatic heterocycles. The average molecular weight is 292 g/mol. The Morgan fingerprint density at radius 1 is 1.19 bits per heavy atom. The van der Waals surface area contributed by atoms with Crippen molar-refractivity contribution in [1.82, 2.24) is 0 Å². The van der Waals surface area contributed by atoms with Gasteiger partial charge in [-0.1, -0.05) is 27.2 Å². The summed E-state index contributed by atoms with van der Waals surface area (Å²) in [6.45, 7) is 6.60. The van der Waals surface area contributed by atoms with Crippen molar-refractivity contribution in [2.24, 2.45) is 17.8 Å². The maximum absolute atomic E-state index is 11.5. The monoisotopic (exact) mass is 292 g/mol. The first-order chi connectivity index (χ1) is 9.92. The maximum atomic E-state index is 11.5. The Hall–Kier alpha value is -1.22. The molecule has 0 amide bonds. The zero-order chi connectivity index (χ0) is 15.6. The lowest BCUT2D eigenvalue weighted by molar-refractivity contribution is -0.0878. The van der Waals surface area contributed by atoms with E-state index in [0.717, 1.165) is 29.9 Å². The maximum Gasteiger partial charge on any atom is 0.125 e. The van der Waals surface area contributed by atoms with Crippen molar-refractivity contribution in [2.75, 3.05) is 14.2 Å². The van der Waals surface area contributed by atoms with E-state index in [-0.39, 0.29) is 5.92 Å². The lowest BCUT2D eigenvalue weighted by Gasteiger charge is -2.45. The van der Waals surface area contributed by atoms with Crippen LogP contribution in [0.1, 0.15) is 45.6 Å². The largest absolute Gasteiger partial charge is 0.497 e. The van der Waals surface area contributed by atoms with Gasteiger partial charge < -0.3 is 14.6 Å². The quantitative estimate of drug-likeness (QED) is 0.912. The summed E-state index contributed by atoms with van der Waals surface area (Å²) in [5.41, 5.74) is 0.0284. The standard InChI is InChI=1S/C18H28O3/c1-12(2)15-8-6-13(3)11-18(15,19)16-10-14(20-4)7-9-17(16)21-5/h7,9-10,12-13,15,19H,6,8,11H2,1-5H3. The zero-order valence-corrected chi connectivity index (χ0v) is 13.8. The van der Waals surface area contributed by atoms with Gasteiger partial charge in [0.1, 0.15) is 11.5 Å². The molecule has 0 aliphatic heterocycles. The Balaban J connectivity index is 2.53. The fourth-order valence-electron chi connectivity index (χ4n) is 3.83. The molecule has 0 radical (unpaired) electrons. The highest BCUT2D eigenvalue weighted by Crippen LogP contribution is 2.50. The minimum Gasteiger partial charge on any atom is -0.497 e. The Labute approximate surface area is 128 Å². The van der Waals surface area contributed by atoms with Gasteiger partial charge in [0.2, 0.25) is 0 Å². The summed E-state index contributed by atoms with van der Waals surface area (Å²) in [5.74, 6) is 2.70. The molecule has 21 heavy (non-hydrogen) atoms. The third kappa shape index (κ3) is 3.03. The molecule has 1 aromatic rings. The van der Waals surface area contributed by atoms with Crippen LogP contribution >= 0.6 is 0 Å². The number of rotatable bonds is 4. The molecule has 3 atom stereocenters. The summed E-state index contributed by atoms with van der Waals surface area (Å²) in [5, 5.41) is 11.5. The molecular weight excluding hydrogens is 264 g/mol. The number of aliphatic hydroxyl groups is 1. The lowest BCUT2D eigenvalue weighted by atomic mass is 9.64. The van der Waals surface area contributed by atoms with E-state index in [0.29, 0.717) is 11.8 Å². The number of benzene rings is 1. The Bertz CT molecular complexity index is 483. The molecule has 1 saturated carbocycles. The lowest BCUT2D eigenvalue weighted by Crippen LogP contribution is -2.43. The second-order valence-electron chi connectivity index (χ2n) is 6.73. The highest BCUT2D eigenvalue weighted by molar-refractivity contribution is 5.44. The van der Waals surface area contributed by atoms with E-state index in [2.05, 4.69) is 20.8 Å². The molecule has 1 aromatic carbocycles. The summed E-state index contributed by atoms with van der Waals surface area (Å²) in [7, 11) is 3.31. The molecule has 118 valence electrons. The van der Waals surface area contributed by atoms with E-state index < -0.39 is 5.60 Å². The van der Waals surface area contributed by atoms with Crippen molar-refractivity contribution in [3.63, 3.8) is 0 Å². The highest BCUT2D eigenvalue weighted by Gasteiger charge is 2.45. The first-order valence-electron chi connectivity index (χ1n) is 7.87. The molecule has 1 N–H and O–H groups in total. The molecule has 0 saturated heterocycles. The minimum atomic E-state index is -0.842. The molecule has 3 nitrogen and oxygen atoms in total. The van der Waals surface area contributed by atoms with E-state index in [4.69, 9.17) is 9.47 Å². The van der Waals surface area contributed by atoms with Crippen molar-refractivity contribution in [2.45, 2.75) is 45.6 Å². The van der Waals surface area contributed by atoms with Crippen molar-refractivity contribution in [3.05, 3.63) is 23.8 Å². The van der Waals surface area contributed by atoms with Crippen LogP contribution in [0.25, 0.3) is 0 Å². The molecule has 2 rings (SSSR count). The number of methoxy groups -OCH3 is 2. The second kappa shape index (κ2) is 6.27. The van der Waals surface area contributed by atoms with Gasteiger partial charge in [-0.15, -0.1) is 0 Å². The van der Waals surface area contributed by atoms with Gasteiger partial charge in [0, 0.05) is 5.56 Å². The fourth-order valence-corrected chi connectivity index (χ4v) is 3.83. The van der Waals surface area contributed by atoms with Crippen LogP contribution in [0, 0.1) is 17.8 Å². The molecule has 3 unspecified atom stereocenters. The van der Waals surface area contributed by atoms with Crippen molar-refractivity contribution < 1.29 is 14.6 Å². The summed E-state index contributed by atoms with van der Waals surface area (Å²) in [4.78, 5) is 0. The first-order valence-corrected chi connectivity index (χ1v) is 7.87. The zero-order valence-electron chi connectivity index (χ0n) is 13.8. The van der Waals surface area contributed by atoms with E-state index >= 15 is 0 Å². The molecule has 1 aliphatic rings. The van der Waals surface area contributed by atoms with Gasteiger partial charge in [0.15, 0.2) is 0 Å². The van der Waals surface area contributed by atoms with E-state index in [1.807, 2.05) is 18.2 Å². The second-order valence-corrected chi connectivity index (χ2v) is 6.73. The predicted molar refractivity (Wildman–Crippen MR) is 84.8 cm³/mol. The van der Waals surface area contributed by atoms with E-state index in [1.54, 1.807) is 14.2 Å². The van der Waals surface area contributed by atoms with Crippen LogP contribution < -0.4 is 9.47 Å². The molecule has 0 bridgehead atoms. The van der Waals surface area contributed by atoms with Crippen LogP contribution in [-0.2, 0) is 5.60 Å². The average Bonchev–Trinajstić information content (AvgIpc) is 2.46. The van der Waals surface area contributed by atoms with Crippen LogP contribution in [0.2, 0.25) is 0 Å². The van der Waals surface area contributed by atoms with Gasteiger partial charge in [-0.3, -0.25) is 0 Å². The van der Waals surface area contributed by atoms with E-state index in [1.165, 1.54) is 6.42 Å². The normalized spacial score (nSPS) is 29.5. The molecule has 1 fully saturated rings. The molecule has 3 heteroatoms. The fraction of sp³-hybridized carbons (Fsp3) is 0.667. The van der Waals surface area contributed by atoms with Gasteiger partial charge in [-0.2, -0.15) is 0 Å². The van der Waals surface area contributed by atoms with Crippen molar-refractivity contribution in [1.29, 1.82) is 0 Å². The van der Waals surface area contributed by atoms with Gasteiger partial charge in [-0.25, -0.2) is 0 Å². The van der Waals surface area contributed by atoms with Gasteiger partial charge in [0.25, 0.3) is 0 Å². The van der Waals surface area contributed by atoms with Crippen molar-refractivity contribution in [3.8, 4) is 11.5 Å². The third-order valence-electron chi connectivity index (χ3n) is 4.92. The summed E-state index contributed by atoms with van der Waals surface area (Å²) >= 11 is 0. The molecule has 0 heterocycles. The van der Waals surface area contributed by atoms with Gasteiger partial charge >= 0.3 is 0 Å².